The van der Waals surface area contributed by atoms with E-state index >= 15 is 0 Å². The Morgan fingerprint density at radius 2 is 1.96 bits per heavy atom. The molecular weight excluding hydrogens is 316 g/mol. The molecule has 5 heteroatoms. The van der Waals surface area contributed by atoms with Crippen molar-refractivity contribution in [1.29, 1.82) is 0 Å². The fourth-order valence-electron chi connectivity index (χ4n) is 2.92. The first kappa shape index (κ1) is 17.5. The molecule has 1 amide bonds. The van der Waals surface area contributed by atoms with Gasteiger partial charge in [0.2, 0.25) is 5.91 Å². The minimum Gasteiger partial charge on any atom is -0.491 e. The highest BCUT2D eigenvalue weighted by Crippen LogP contribution is 2.18. The van der Waals surface area contributed by atoms with Gasteiger partial charge in [-0.05, 0) is 36.1 Å². The first-order valence-corrected chi connectivity index (χ1v) is 8.63. The standard InChI is InChI=1S/C20H24N2O3/c21-20(23)19(16-5-2-1-3-6-16)22-13-15-8-10-17(11-9-15)25-14-18-7-4-12-24-18/h1-3,5-6,8-11,18-19,22H,4,7,12-14H2,(H2,21,23)/t18-,19+/m1/s1. The molecule has 25 heavy (non-hydrogen) atoms. The number of primary amides is 1. The minimum absolute atomic E-state index is 0.212. The molecule has 3 N–H and O–H groups in total. The molecule has 1 heterocycles. The van der Waals surface area contributed by atoms with E-state index in [4.69, 9.17) is 15.2 Å². The third-order valence-corrected chi connectivity index (χ3v) is 4.31. The number of carbonyl (C=O) groups excluding carboxylic acids is 1. The Hall–Kier alpha value is -2.37. The van der Waals surface area contributed by atoms with Gasteiger partial charge < -0.3 is 15.2 Å². The SMILES string of the molecule is NC(=O)[C@@H](NCc1ccc(OC[C@H]2CCCO2)cc1)c1ccccc1. The monoisotopic (exact) mass is 340 g/mol. The van der Waals surface area contributed by atoms with Crippen LogP contribution < -0.4 is 15.8 Å². The van der Waals surface area contributed by atoms with Gasteiger partial charge in [0, 0.05) is 13.2 Å². The van der Waals surface area contributed by atoms with Crippen LogP contribution in [0, 0.1) is 0 Å². The lowest BCUT2D eigenvalue weighted by atomic mass is 10.1. The van der Waals surface area contributed by atoms with Gasteiger partial charge in [-0.15, -0.1) is 0 Å². The van der Waals surface area contributed by atoms with Crippen LogP contribution in [-0.4, -0.2) is 25.2 Å². The minimum atomic E-state index is -0.503. The van der Waals surface area contributed by atoms with Crippen LogP contribution >= 0.6 is 0 Å². The normalized spacial score (nSPS) is 18.0. The molecule has 0 bridgehead atoms. The van der Waals surface area contributed by atoms with E-state index in [0.29, 0.717) is 13.2 Å². The maximum atomic E-state index is 11.7. The molecule has 2 aromatic rings. The molecule has 1 aliphatic rings. The predicted octanol–water partition coefficient (Wildman–Crippen LogP) is 2.56. The second-order valence-corrected chi connectivity index (χ2v) is 6.22. The highest BCUT2D eigenvalue weighted by Gasteiger charge is 2.17. The summed E-state index contributed by atoms with van der Waals surface area (Å²) in [6, 6.07) is 16.8. The number of hydrogen-bond donors (Lipinski definition) is 2. The van der Waals surface area contributed by atoms with Gasteiger partial charge in [0.05, 0.1) is 6.10 Å². The number of ether oxygens (including phenoxy) is 2. The number of amides is 1. The summed E-state index contributed by atoms with van der Waals surface area (Å²) in [4.78, 5) is 11.7. The lowest BCUT2D eigenvalue weighted by Crippen LogP contribution is -2.33. The van der Waals surface area contributed by atoms with Crippen molar-refractivity contribution in [3.8, 4) is 5.75 Å². The molecule has 0 aromatic heterocycles. The van der Waals surface area contributed by atoms with Crippen LogP contribution in [0.5, 0.6) is 5.75 Å². The van der Waals surface area contributed by atoms with E-state index in [1.165, 1.54) is 0 Å². The molecule has 1 saturated heterocycles. The van der Waals surface area contributed by atoms with Gasteiger partial charge in [-0.25, -0.2) is 0 Å². The maximum absolute atomic E-state index is 11.7. The summed E-state index contributed by atoms with van der Waals surface area (Å²) in [7, 11) is 0. The molecule has 0 aliphatic carbocycles. The van der Waals surface area contributed by atoms with E-state index in [2.05, 4.69) is 5.32 Å². The third-order valence-electron chi connectivity index (χ3n) is 4.31. The number of nitrogens with two attached hydrogens (primary N) is 1. The van der Waals surface area contributed by atoms with Crippen molar-refractivity contribution >= 4 is 5.91 Å². The van der Waals surface area contributed by atoms with Gasteiger partial charge >= 0.3 is 0 Å². The number of rotatable bonds is 8. The van der Waals surface area contributed by atoms with Gasteiger partial charge in [0.25, 0.3) is 0 Å². The number of nitrogens with one attached hydrogen (secondary N) is 1. The van der Waals surface area contributed by atoms with Gasteiger partial charge in [0.15, 0.2) is 0 Å². The predicted molar refractivity (Wildman–Crippen MR) is 96.1 cm³/mol. The number of hydrogen-bond acceptors (Lipinski definition) is 4. The van der Waals surface area contributed by atoms with Crippen molar-refractivity contribution in [3.63, 3.8) is 0 Å². The smallest absolute Gasteiger partial charge is 0.239 e. The van der Waals surface area contributed by atoms with Crippen LogP contribution in [0.3, 0.4) is 0 Å². The Labute approximate surface area is 148 Å². The fraction of sp³-hybridized carbons (Fsp3) is 0.350. The molecule has 0 unspecified atom stereocenters. The molecule has 5 nitrogen and oxygen atoms in total. The third kappa shape index (κ3) is 5.05. The molecule has 132 valence electrons. The van der Waals surface area contributed by atoms with Gasteiger partial charge in [-0.1, -0.05) is 42.5 Å². The first-order chi connectivity index (χ1) is 12.2. The molecule has 0 spiro atoms. The molecule has 0 radical (unpaired) electrons. The van der Waals surface area contributed by atoms with Crippen molar-refractivity contribution < 1.29 is 14.3 Å². The van der Waals surface area contributed by atoms with E-state index in [9.17, 15) is 4.79 Å². The lowest BCUT2D eigenvalue weighted by Gasteiger charge is -2.16. The highest BCUT2D eigenvalue weighted by atomic mass is 16.5. The van der Waals surface area contributed by atoms with Gasteiger partial charge in [-0.2, -0.15) is 0 Å². The van der Waals surface area contributed by atoms with Crippen molar-refractivity contribution in [1.82, 2.24) is 5.32 Å². The Kier molecular flexibility index (Phi) is 6.04. The average molecular weight is 340 g/mol. The van der Waals surface area contributed by atoms with Crippen molar-refractivity contribution in [2.24, 2.45) is 5.73 Å². The van der Waals surface area contributed by atoms with E-state index in [-0.39, 0.29) is 12.0 Å². The average Bonchev–Trinajstić information content (AvgIpc) is 3.15. The van der Waals surface area contributed by atoms with Crippen LogP contribution in [0.4, 0.5) is 0 Å². The maximum Gasteiger partial charge on any atom is 0.239 e. The van der Waals surface area contributed by atoms with Crippen molar-refractivity contribution in [3.05, 3.63) is 65.7 Å². The van der Waals surface area contributed by atoms with Gasteiger partial charge in [0.1, 0.15) is 18.4 Å². The number of benzene rings is 2. The largest absolute Gasteiger partial charge is 0.491 e. The summed E-state index contributed by atoms with van der Waals surface area (Å²) in [5.41, 5.74) is 7.45. The Balaban J connectivity index is 1.52. The molecule has 1 fully saturated rings. The van der Waals surface area contributed by atoms with Crippen LogP contribution in [-0.2, 0) is 16.1 Å². The van der Waals surface area contributed by atoms with E-state index in [1.54, 1.807) is 0 Å². The fourth-order valence-corrected chi connectivity index (χ4v) is 2.92. The summed E-state index contributed by atoms with van der Waals surface area (Å²) >= 11 is 0. The topological polar surface area (TPSA) is 73.6 Å². The lowest BCUT2D eigenvalue weighted by molar-refractivity contribution is -0.120. The van der Waals surface area contributed by atoms with Crippen LogP contribution in [0.1, 0.15) is 30.0 Å². The summed E-state index contributed by atoms with van der Waals surface area (Å²) in [6.07, 6.45) is 2.39. The van der Waals surface area contributed by atoms with Crippen LogP contribution in [0.2, 0.25) is 0 Å². The molecular formula is C20H24N2O3. The Morgan fingerprint density at radius 3 is 2.60 bits per heavy atom. The van der Waals surface area contributed by atoms with Gasteiger partial charge in [-0.3, -0.25) is 10.1 Å². The quantitative estimate of drug-likeness (QED) is 0.774. The Morgan fingerprint density at radius 1 is 1.20 bits per heavy atom. The van der Waals surface area contributed by atoms with Crippen LogP contribution in [0.15, 0.2) is 54.6 Å². The summed E-state index contributed by atoms with van der Waals surface area (Å²) in [5, 5.41) is 3.21. The zero-order chi connectivity index (χ0) is 17.5. The number of carbonyl (C=O) groups is 1. The molecule has 3 rings (SSSR count). The highest BCUT2D eigenvalue weighted by molar-refractivity contribution is 5.81. The Bertz CT molecular complexity index is 667. The van der Waals surface area contributed by atoms with Crippen molar-refractivity contribution in [2.45, 2.75) is 31.5 Å². The summed E-state index contributed by atoms with van der Waals surface area (Å²) in [5.74, 6) is 0.441. The van der Waals surface area contributed by atoms with E-state index in [1.807, 2.05) is 54.6 Å². The van der Waals surface area contributed by atoms with Crippen LogP contribution in [0.25, 0.3) is 0 Å². The second-order valence-electron chi connectivity index (χ2n) is 6.22. The zero-order valence-corrected chi connectivity index (χ0v) is 14.2. The summed E-state index contributed by atoms with van der Waals surface area (Å²) in [6.45, 7) is 1.98. The molecule has 1 aliphatic heterocycles. The van der Waals surface area contributed by atoms with E-state index < -0.39 is 6.04 Å². The first-order valence-electron chi connectivity index (χ1n) is 8.63. The van der Waals surface area contributed by atoms with Crippen molar-refractivity contribution in [2.75, 3.05) is 13.2 Å². The zero-order valence-electron chi connectivity index (χ0n) is 14.2. The molecule has 0 saturated carbocycles. The molecule has 2 atom stereocenters. The summed E-state index contributed by atoms with van der Waals surface area (Å²) < 4.78 is 11.3. The molecule has 2 aromatic carbocycles. The second kappa shape index (κ2) is 8.65. The van der Waals surface area contributed by atoms with E-state index in [0.717, 1.165) is 36.3 Å².